The minimum Gasteiger partial charge on any atom is -0.388 e. The van der Waals surface area contributed by atoms with E-state index in [1.807, 2.05) is 4.90 Å². The molecule has 0 bridgehead atoms. The average Bonchev–Trinajstić information content (AvgIpc) is 2.58. The van der Waals surface area contributed by atoms with Crippen molar-refractivity contribution in [3.8, 4) is 0 Å². The van der Waals surface area contributed by atoms with Gasteiger partial charge in [-0.05, 0) is 38.7 Å². The Bertz CT molecular complexity index is 603. The summed E-state index contributed by atoms with van der Waals surface area (Å²) in [6.07, 6.45) is 2.29. The number of hydrogen-bond acceptors (Lipinski definition) is 4. The van der Waals surface area contributed by atoms with E-state index in [1.54, 1.807) is 6.92 Å². The first kappa shape index (κ1) is 18.4. The molecule has 1 aromatic carbocycles. The second-order valence-electron chi connectivity index (χ2n) is 7.91. The van der Waals surface area contributed by atoms with E-state index < -0.39 is 17.3 Å². The lowest BCUT2D eigenvalue weighted by Gasteiger charge is -2.49. The lowest BCUT2D eigenvalue weighted by molar-refractivity contribution is -0.222. The van der Waals surface area contributed by atoms with Gasteiger partial charge in [-0.2, -0.15) is 0 Å². The summed E-state index contributed by atoms with van der Waals surface area (Å²) >= 11 is 0. The van der Waals surface area contributed by atoms with Gasteiger partial charge in [-0.15, -0.1) is 0 Å². The summed E-state index contributed by atoms with van der Waals surface area (Å²) in [5, 5.41) is 20.2. The topological polar surface area (TPSA) is 70.0 Å². The number of piperidine rings is 1. The Balaban J connectivity index is 1.50. The molecule has 138 valence electrons. The summed E-state index contributed by atoms with van der Waals surface area (Å²) in [6.45, 7) is 5.19. The molecule has 1 aromatic rings. The van der Waals surface area contributed by atoms with Gasteiger partial charge < -0.3 is 19.8 Å². The standard InChI is InChI=1S/C20H29NO4/c1-15-3-5-16(6-4-15)7-8-18(23)21-11-9-20(10-12-21)14-19(2,24)17(22)13-25-20/h3-6,17,22,24H,7-14H2,1-2H3/t17-,19-/m0/s1. The highest BCUT2D eigenvalue weighted by Gasteiger charge is 2.48. The van der Waals surface area contributed by atoms with Gasteiger partial charge in [0.05, 0.1) is 17.8 Å². The summed E-state index contributed by atoms with van der Waals surface area (Å²) in [5.41, 5.74) is 0.893. The quantitative estimate of drug-likeness (QED) is 0.875. The molecule has 3 rings (SSSR count). The van der Waals surface area contributed by atoms with E-state index in [4.69, 9.17) is 4.74 Å². The molecular formula is C20H29NO4. The van der Waals surface area contributed by atoms with Crippen LogP contribution in [0.1, 0.15) is 43.7 Å². The van der Waals surface area contributed by atoms with Crippen LogP contribution in [-0.4, -0.2) is 58.0 Å². The van der Waals surface area contributed by atoms with Gasteiger partial charge in [0.2, 0.25) is 5.91 Å². The third-order valence-corrected chi connectivity index (χ3v) is 5.72. The number of amides is 1. The fourth-order valence-electron chi connectivity index (χ4n) is 3.91. The first-order valence-electron chi connectivity index (χ1n) is 9.17. The molecule has 0 unspecified atom stereocenters. The van der Waals surface area contributed by atoms with Crippen molar-refractivity contribution in [2.24, 2.45) is 0 Å². The number of nitrogens with zero attached hydrogens (tertiary/aromatic N) is 1. The van der Waals surface area contributed by atoms with E-state index in [-0.39, 0.29) is 12.5 Å². The Morgan fingerprint density at radius 1 is 1.28 bits per heavy atom. The van der Waals surface area contributed by atoms with Crippen molar-refractivity contribution in [3.05, 3.63) is 35.4 Å². The number of likely N-dealkylation sites (tertiary alicyclic amines) is 1. The molecule has 0 aliphatic carbocycles. The largest absolute Gasteiger partial charge is 0.388 e. The van der Waals surface area contributed by atoms with E-state index in [9.17, 15) is 15.0 Å². The zero-order chi connectivity index (χ0) is 18.1. The molecular weight excluding hydrogens is 318 g/mol. The number of rotatable bonds is 3. The van der Waals surface area contributed by atoms with Crippen molar-refractivity contribution >= 4 is 5.91 Å². The number of carbonyl (C=O) groups is 1. The molecule has 1 amide bonds. The third-order valence-electron chi connectivity index (χ3n) is 5.72. The normalized spacial score (nSPS) is 29.0. The Kier molecular flexibility index (Phi) is 5.19. The molecule has 0 radical (unpaired) electrons. The maximum atomic E-state index is 12.5. The van der Waals surface area contributed by atoms with E-state index in [1.165, 1.54) is 11.1 Å². The van der Waals surface area contributed by atoms with Gasteiger partial charge in [0.15, 0.2) is 0 Å². The van der Waals surface area contributed by atoms with Crippen molar-refractivity contribution in [3.63, 3.8) is 0 Å². The van der Waals surface area contributed by atoms with Crippen molar-refractivity contribution in [2.75, 3.05) is 19.7 Å². The van der Waals surface area contributed by atoms with Crippen LogP contribution in [0.25, 0.3) is 0 Å². The molecule has 1 spiro atoms. The first-order valence-corrected chi connectivity index (χ1v) is 9.17. The number of aliphatic hydroxyl groups excluding tert-OH is 1. The average molecular weight is 347 g/mol. The summed E-state index contributed by atoms with van der Waals surface area (Å²) in [5.74, 6) is 0.179. The number of ether oxygens (including phenoxy) is 1. The monoisotopic (exact) mass is 347 g/mol. The van der Waals surface area contributed by atoms with Gasteiger partial charge in [0.25, 0.3) is 0 Å². The molecule has 5 nitrogen and oxygen atoms in total. The molecule has 0 saturated carbocycles. The summed E-state index contributed by atoms with van der Waals surface area (Å²) < 4.78 is 5.87. The highest BCUT2D eigenvalue weighted by Crippen LogP contribution is 2.39. The maximum absolute atomic E-state index is 12.5. The van der Waals surface area contributed by atoms with Crippen LogP contribution in [0.5, 0.6) is 0 Å². The highest BCUT2D eigenvalue weighted by atomic mass is 16.5. The van der Waals surface area contributed by atoms with E-state index in [0.29, 0.717) is 38.8 Å². The molecule has 2 atom stereocenters. The van der Waals surface area contributed by atoms with E-state index >= 15 is 0 Å². The zero-order valence-corrected chi connectivity index (χ0v) is 15.2. The molecule has 2 aliphatic rings. The van der Waals surface area contributed by atoms with Crippen molar-refractivity contribution in [2.45, 2.75) is 63.3 Å². The van der Waals surface area contributed by atoms with Gasteiger partial charge >= 0.3 is 0 Å². The molecule has 2 aliphatic heterocycles. The lowest BCUT2D eigenvalue weighted by Crippen LogP contribution is -2.59. The van der Waals surface area contributed by atoms with Crippen LogP contribution < -0.4 is 0 Å². The van der Waals surface area contributed by atoms with Crippen molar-refractivity contribution in [1.29, 1.82) is 0 Å². The lowest BCUT2D eigenvalue weighted by atomic mass is 9.76. The van der Waals surface area contributed by atoms with Crippen LogP contribution in [-0.2, 0) is 16.0 Å². The van der Waals surface area contributed by atoms with Gasteiger partial charge in [-0.3, -0.25) is 4.79 Å². The number of carbonyl (C=O) groups excluding carboxylic acids is 1. The smallest absolute Gasteiger partial charge is 0.222 e. The Morgan fingerprint density at radius 3 is 2.52 bits per heavy atom. The number of hydrogen-bond donors (Lipinski definition) is 2. The van der Waals surface area contributed by atoms with Crippen LogP contribution in [0.2, 0.25) is 0 Å². The predicted octanol–water partition coefficient (Wildman–Crippen LogP) is 1.82. The second-order valence-corrected chi connectivity index (χ2v) is 7.91. The summed E-state index contributed by atoms with van der Waals surface area (Å²) in [4.78, 5) is 14.4. The molecule has 2 saturated heterocycles. The van der Waals surface area contributed by atoms with Gasteiger partial charge in [-0.1, -0.05) is 29.8 Å². The minimum atomic E-state index is -1.12. The second kappa shape index (κ2) is 7.06. The van der Waals surface area contributed by atoms with Crippen molar-refractivity contribution < 1.29 is 19.7 Å². The molecule has 5 heteroatoms. The van der Waals surface area contributed by atoms with Crippen LogP contribution in [0.4, 0.5) is 0 Å². The van der Waals surface area contributed by atoms with Gasteiger partial charge in [-0.25, -0.2) is 0 Å². The number of benzene rings is 1. The Hall–Kier alpha value is -1.43. The van der Waals surface area contributed by atoms with Gasteiger partial charge in [0, 0.05) is 25.9 Å². The van der Waals surface area contributed by atoms with E-state index in [2.05, 4.69) is 31.2 Å². The highest BCUT2D eigenvalue weighted by molar-refractivity contribution is 5.76. The number of aryl methyl sites for hydroxylation is 2. The summed E-state index contributed by atoms with van der Waals surface area (Å²) in [6, 6.07) is 8.31. The maximum Gasteiger partial charge on any atom is 0.222 e. The molecule has 2 fully saturated rings. The van der Waals surface area contributed by atoms with Crippen LogP contribution in [0.15, 0.2) is 24.3 Å². The molecule has 0 aromatic heterocycles. The zero-order valence-electron chi connectivity index (χ0n) is 15.2. The Labute approximate surface area is 149 Å². The number of aliphatic hydroxyl groups is 2. The van der Waals surface area contributed by atoms with Crippen LogP contribution in [0.3, 0.4) is 0 Å². The molecule has 2 heterocycles. The van der Waals surface area contributed by atoms with Gasteiger partial charge in [0.1, 0.15) is 6.10 Å². The van der Waals surface area contributed by atoms with E-state index in [0.717, 1.165) is 6.42 Å². The van der Waals surface area contributed by atoms with Crippen LogP contribution in [0, 0.1) is 6.92 Å². The summed E-state index contributed by atoms with van der Waals surface area (Å²) in [7, 11) is 0. The molecule has 25 heavy (non-hydrogen) atoms. The molecule has 2 N–H and O–H groups in total. The minimum absolute atomic E-state index is 0.161. The SMILES string of the molecule is Cc1ccc(CCC(=O)N2CCC3(CC2)C[C@](C)(O)[C@@H](O)CO3)cc1. The first-order chi connectivity index (χ1) is 11.8. The fraction of sp³-hybridized carbons (Fsp3) is 0.650. The van der Waals surface area contributed by atoms with Crippen LogP contribution >= 0.6 is 0 Å². The van der Waals surface area contributed by atoms with Crippen molar-refractivity contribution in [1.82, 2.24) is 4.90 Å². The third kappa shape index (κ3) is 4.22. The predicted molar refractivity (Wildman–Crippen MR) is 95.2 cm³/mol. The Morgan fingerprint density at radius 2 is 1.92 bits per heavy atom. The fourth-order valence-corrected chi connectivity index (χ4v) is 3.91.